The first-order valence-electron chi connectivity index (χ1n) is 8.78. The lowest BCUT2D eigenvalue weighted by Gasteiger charge is -2.18. The van der Waals surface area contributed by atoms with Gasteiger partial charge in [0.05, 0.1) is 0 Å². The number of amides is 2. The zero-order valence-electron chi connectivity index (χ0n) is 15.2. The maximum Gasteiger partial charge on any atom is 0.305 e. The number of carbonyl (C=O) groups excluding carboxylic acids is 2. The molecule has 0 fully saturated rings. The Morgan fingerprint density at radius 2 is 1.79 bits per heavy atom. The van der Waals surface area contributed by atoms with Crippen molar-refractivity contribution in [3.8, 4) is 11.5 Å². The molecule has 142 valence electrons. The number of furan rings is 1. The summed E-state index contributed by atoms with van der Waals surface area (Å²) in [6.45, 7) is 2.81. The second-order valence-electron chi connectivity index (χ2n) is 6.23. The Labute approximate surface area is 160 Å². The highest BCUT2D eigenvalue weighted by Gasteiger charge is 2.17. The minimum absolute atomic E-state index is 0.164. The molecule has 3 aromatic rings. The van der Waals surface area contributed by atoms with Gasteiger partial charge in [-0.25, -0.2) is 0 Å². The zero-order valence-corrected chi connectivity index (χ0v) is 15.2. The Morgan fingerprint density at radius 1 is 1.00 bits per heavy atom. The number of fused-ring (bicyclic) bond motifs is 2. The van der Waals surface area contributed by atoms with Gasteiger partial charge in [0.15, 0.2) is 17.3 Å². The van der Waals surface area contributed by atoms with Crippen molar-refractivity contribution in [2.24, 2.45) is 0 Å². The van der Waals surface area contributed by atoms with Gasteiger partial charge < -0.3 is 13.9 Å². The number of hydrogen-bond acceptors (Lipinski definition) is 5. The highest BCUT2D eigenvalue weighted by Crippen LogP contribution is 2.31. The van der Waals surface area contributed by atoms with E-state index in [0.29, 0.717) is 35.9 Å². The lowest BCUT2D eigenvalue weighted by molar-refractivity contribution is -0.117. The summed E-state index contributed by atoms with van der Waals surface area (Å²) in [5.74, 6) is 0.493. The van der Waals surface area contributed by atoms with E-state index in [1.807, 2.05) is 24.3 Å². The van der Waals surface area contributed by atoms with Crippen LogP contribution in [0.2, 0.25) is 0 Å². The second kappa shape index (κ2) is 7.48. The molecule has 1 aromatic heterocycles. The quantitative estimate of drug-likeness (QED) is 0.540. The maximum atomic E-state index is 12.3. The summed E-state index contributed by atoms with van der Waals surface area (Å²) >= 11 is 0. The predicted octanol–water partition coefficient (Wildman–Crippen LogP) is 2.99. The molecule has 0 bridgehead atoms. The van der Waals surface area contributed by atoms with Crippen molar-refractivity contribution in [2.45, 2.75) is 6.92 Å². The van der Waals surface area contributed by atoms with Crippen LogP contribution in [0.15, 0.2) is 53.0 Å². The van der Waals surface area contributed by atoms with Crippen molar-refractivity contribution in [3.05, 3.63) is 65.4 Å². The van der Waals surface area contributed by atoms with E-state index >= 15 is 0 Å². The molecule has 7 heteroatoms. The summed E-state index contributed by atoms with van der Waals surface area (Å²) in [6, 6.07) is 12.8. The third-order valence-electron chi connectivity index (χ3n) is 4.34. The van der Waals surface area contributed by atoms with Gasteiger partial charge in [0.2, 0.25) is 0 Å². The number of nitrogens with one attached hydrogen (secondary N) is 2. The molecule has 7 nitrogen and oxygen atoms in total. The third kappa shape index (κ3) is 3.55. The molecule has 0 saturated heterocycles. The molecule has 0 aliphatic carbocycles. The molecule has 0 spiro atoms. The van der Waals surface area contributed by atoms with Crippen LogP contribution < -0.4 is 20.3 Å². The maximum absolute atomic E-state index is 12.3. The summed E-state index contributed by atoms with van der Waals surface area (Å²) in [5, 5.41) is 0.859. The van der Waals surface area contributed by atoms with Crippen molar-refractivity contribution in [1.82, 2.24) is 10.9 Å². The first-order chi connectivity index (χ1) is 13.6. The number of rotatable bonds is 3. The van der Waals surface area contributed by atoms with Gasteiger partial charge in [0.25, 0.3) is 5.91 Å². The average Bonchev–Trinajstić information content (AvgIpc) is 3.07. The molecule has 28 heavy (non-hydrogen) atoms. The van der Waals surface area contributed by atoms with Gasteiger partial charge in [-0.3, -0.25) is 20.4 Å². The molecule has 4 rings (SSSR count). The molecule has 1 aliphatic rings. The van der Waals surface area contributed by atoms with Crippen molar-refractivity contribution in [2.75, 3.05) is 13.2 Å². The molecule has 1 aliphatic heterocycles. The first kappa shape index (κ1) is 17.7. The highest BCUT2D eigenvalue weighted by atomic mass is 16.6. The van der Waals surface area contributed by atoms with Crippen LogP contribution in [-0.4, -0.2) is 25.0 Å². The molecular formula is C21H18N2O5. The van der Waals surface area contributed by atoms with Crippen LogP contribution in [0, 0.1) is 6.92 Å². The Kier molecular flexibility index (Phi) is 4.72. The largest absolute Gasteiger partial charge is 0.486 e. The molecule has 2 aromatic carbocycles. The molecule has 2 amide bonds. The normalized spacial score (nSPS) is 12.9. The number of para-hydroxylation sites is 1. The van der Waals surface area contributed by atoms with Crippen LogP contribution in [0.4, 0.5) is 0 Å². The topological polar surface area (TPSA) is 89.8 Å². The van der Waals surface area contributed by atoms with Crippen LogP contribution in [0.1, 0.15) is 21.7 Å². The predicted molar refractivity (Wildman–Crippen MR) is 103 cm³/mol. The van der Waals surface area contributed by atoms with Crippen LogP contribution in [-0.2, 0) is 4.79 Å². The van der Waals surface area contributed by atoms with Crippen LogP contribution >= 0.6 is 0 Å². The summed E-state index contributed by atoms with van der Waals surface area (Å²) < 4.78 is 16.5. The highest BCUT2D eigenvalue weighted by molar-refractivity contribution is 6.00. The van der Waals surface area contributed by atoms with Gasteiger partial charge in [0, 0.05) is 17.0 Å². The van der Waals surface area contributed by atoms with Gasteiger partial charge in [-0.1, -0.05) is 24.3 Å². The lowest BCUT2D eigenvalue weighted by Crippen LogP contribution is -2.40. The van der Waals surface area contributed by atoms with Crippen molar-refractivity contribution in [3.63, 3.8) is 0 Å². The number of hydrogen-bond donors (Lipinski definition) is 2. The van der Waals surface area contributed by atoms with E-state index in [9.17, 15) is 9.59 Å². The van der Waals surface area contributed by atoms with Gasteiger partial charge >= 0.3 is 5.91 Å². The van der Waals surface area contributed by atoms with E-state index < -0.39 is 11.8 Å². The SMILES string of the molecule is Cc1c(C(=O)NNC(=O)/C=C/c2ccc3c(c2)OCCO3)oc2ccccc12. The number of carbonyl (C=O) groups is 2. The molecular weight excluding hydrogens is 360 g/mol. The fourth-order valence-electron chi connectivity index (χ4n) is 2.94. The number of ether oxygens (including phenoxy) is 2. The number of aryl methyl sites for hydroxylation is 1. The molecule has 0 radical (unpaired) electrons. The van der Waals surface area contributed by atoms with Crippen molar-refractivity contribution in [1.29, 1.82) is 0 Å². The minimum Gasteiger partial charge on any atom is -0.486 e. The van der Waals surface area contributed by atoms with E-state index in [1.165, 1.54) is 6.08 Å². The molecule has 2 N–H and O–H groups in total. The fraction of sp³-hybridized carbons (Fsp3) is 0.143. The third-order valence-corrected chi connectivity index (χ3v) is 4.34. The van der Waals surface area contributed by atoms with E-state index in [4.69, 9.17) is 13.9 Å². The fourth-order valence-corrected chi connectivity index (χ4v) is 2.94. The summed E-state index contributed by atoms with van der Waals surface area (Å²) in [6.07, 6.45) is 2.93. The monoisotopic (exact) mass is 378 g/mol. The Balaban J connectivity index is 1.38. The van der Waals surface area contributed by atoms with Crippen LogP contribution in [0.25, 0.3) is 17.0 Å². The Bertz CT molecular complexity index is 1080. The number of hydrazine groups is 1. The summed E-state index contributed by atoms with van der Waals surface area (Å²) in [5.41, 5.74) is 6.82. The average molecular weight is 378 g/mol. The van der Waals surface area contributed by atoms with E-state index in [-0.39, 0.29) is 5.76 Å². The first-order valence-corrected chi connectivity index (χ1v) is 8.78. The number of benzene rings is 2. The van der Waals surface area contributed by atoms with Crippen molar-refractivity contribution < 1.29 is 23.5 Å². The van der Waals surface area contributed by atoms with Gasteiger partial charge in [-0.2, -0.15) is 0 Å². The molecule has 2 heterocycles. The van der Waals surface area contributed by atoms with Gasteiger partial charge in [-0.15, -0.1) is 0 Å². The minimum atomic E-state index is -0.519. The summed E-state index contributed by atoms with van der Waals surface area (Å²) in [4.78, 5) is 24.3. The Morgan fingerprint density at radius 3 is 2.61 bits per heavy atom. The summed E-state index contributed by atoms with van der Waals surface area (Å²) in [7, 11) is 0. The molecule has 0 atom stereocenters. The molecule has 0 saturated carbocycles. The van der Waals surface area contributed by atoms with Crippen LogP contribution in [0.3, 0.4) is 0 Å². The standard InChI is InChI=1S/C21H18N2O5/c1-13-15-4-2-3-5-16(15)28-20(13)21(25)23-22-19(24)9-7-14-6-8-17-18(12-14)27-11-10-26-17/h2-9,12H,10-11H2,1H3,(H,22,24)(H,23,25)/b9-7+. The lowest BCUT2D eigenvalue weighted by atomic mass is 10.1. The van der Waals surface area contributed by atoms with E-state index in [1.54, 1.807) is 31.2 Å². The van der Waals surface area contributed by atoms with Crippen molar-refractivity contribution >= 4 is 28.9 Å². The smallest absolute Gasteiger partial charge is 0.305 e. The molecule has 0 unspecified atom stereocenters. The Hall–Kier alpha value is -3.74. The van der Waals surface area contributed by atoms with E-state index in [2.05, 4.69) is 10.9 Å². The second-order valence-corrected chi connectivity index (χ2v) is 6.23. The van der Waals surface area contributed by atoms with E-state index in [0.717, 1.165) is 10.9 Å². The van der Waals surface area contributed by atoms with Crippen LogP contribution in [0.5, 0.6) is 11.5 Å². The van der Waals surface area contributed by atoms with Gasteiger partial charge in [0.1, 0.15) is 18.8 Å². The van der Waals surface area contributed by atoms with Gasteiger partial charge in [-0.05, 0) is 36.8 Å². The zero-order chi connectivity index (χ0) is 19.5.